The molecule has 1 fully saturated rings. The van der Waals surface area contributed by atoms with Crippen molar-refractivity contribution in [2.24, 2.45) is 5.92 Å². The molecule has 5 rings (SSSR count). The van der Waals surface area contributed by atoms with Gasteiger partial charge in [-0.05, 0) is 73.5 Å². The third-order valence-electron chi connectivity index (χ3n) is 7.00. The van der Waals surface area contributed by atoms with Crippen molar-refractivity contribution in [1.82, 2.24) is 9.88 Å². The van der Waals surface area contributed by atoms with Gasteiger partial charge in [0.1, 0.15) is 5.82 Å². The molecule has 34 heavy (non-hydrogen) atoms. The molecule has 1 aromatic heterocycles. The molecule has 2 heterocycles. The summed E-state index contributed by atoms with van der Waals surface area (Å²) in [5, 5.41) is 2.96. The minimum atomic E-state index is -3.41. The molecule has 0 bridgehead atoms. The largest absolute Gasteiger partial charge is 0.361 e. The predicted molar refractivity (Wildman–Crippen MR) is 137 cm³/mol. The van der Waals surface area contributed by atoms with E-state index in [1.807, 2.05) is 48.7 Å². The minimum Gasteiger partial charge on any atom is -0.361 e. The lowest BCUT2D eigenvalue weighted by atomic mass is 9.90. The van der Waals surface area contributed by atoms with E-state index in [1.54, 1.807) is 16.4 Å². The summed E-state index contributed by atoms with van der Waals surface area (Å²) in [6.45, 7) is 3.00. The number of rotatable bonds is 7. The zero-order valence-corrected chi connectivity index (χ0v) is 20.2. The van der Waals surface area contributed by atoms with Crippen molar-refractivity contribution in [3.05, 3.63) is 78.2 Å². The number of hydrogen-bond acceptors (Lipinski definition) is 3. The zero-order valence-electron chi connectivity index (χ0n) is 19.4. The van der Waals surface area contributed by atoms with Crippen molar-refractivity contribution in [3.8, 4) is 0 Å². The molecule has 1 aliphatic rings. The highest BCUT2D eigenvalue weighted by atomic mass is 32.2. The van der Waals surface area contributed by atoms with Crippen LogP contribution >= 0.6 is 0 Å². The molecule has 0 spiro atoms. The quantitative estimate of drug-likeness (QED) is 0.397. The van der Waals surface area contributed by atoms with Gasteiger partial charge in [-0.25, -0.2) is 12.8 Å². The van der Waals surface area contributed by atoms with Crippen LogP contribution in [0.25, 0.3) is 21.7 Å². The molecule has 7 heteroatoms. The fourth-order valence-corrected chi connectivity index (χ4v) is 6.10. The second-order valence-corrected chi connectivity index (χ2v) is 11.2. The van der Waals surface area contributed by atoms with Crippen molar-refractivity contribution in [3.63, 3.8) is 0 Å². The molecule has 178 valence electrons. The summed E-state index contributed by atoms with van der Waals surface area (Å²) < 4.78 is 40.6. The summed E-state index contributed by atoms with van der Waals surface area (Å²) in [6, 6.07) is 18.6. The number of piperidine rings is 1. The molecule has 0 amide bonds. The van der Waals surface area contributed by atoms with E-state index in [-0.39, 0.29) is 5.82 Å². The van der Waals surface area contributed by atoms with Crippen LogP contribution in [0.5, 0.6) is 0 Å². The number of sulfonamides is 1. The highest BCUT2D eigenvalue weighted by Gasteiger charge is 2.24. The van der Waals surface area contributed by atoms with E-state index in [0.29, 0.717) is 19.0 Å². The molecule has 1 saturated heterocycles. The van der Waals surface area contributed by atoms with E-state index in [4.69, 9.17) is 0 Å². The van der Waals surface area contributed by atoms with Crippen molar-refractivity contribution < 1.29 is 12.8 Å². The van der Waals surface area contributed by atoms with Crippen molar-refractivity contribution >= 4 is 37.4 Å². The molecular weight excluding hydrogens is 449 g/mol. The first kappa shape index (κ1) is 22.9. The minimum absolute atomic E-state index is 0.204. The van der Waals surface area contributed by atoms with Gasteiger partial charge < -0.3 is 9.88 Å². The Morgan fingerprint density at radius 1 is 1.03 bits per heavy atom. The number of aromatic nitrogens is 1. The Morgan fingerprint density at radius 2 is 1.79 bits per heavy atom. The fourth-order valence-electron chi connectivity index (χ4n) is 5.17. The van der Waals surface area contributed by atoms with Crippen molar-refractivity contribution in [1.29, 1.82) is 0 Å². The van der Waals surface area contributed by atoms with Gasteiger partial charge in [-0.15, -0.1) is 0 Å². The van der Waals surface area contributed by atoms with E-state index in [2.05, 4.69) is 9.88 Å². The van der Waals surface area contributed by atoms with Crippen LogP contribution in [-0.2, 0) is 16.4 Å². The molecule has 0 aliphatic carbocycles. The summed E-state index contributed by atoms with van der Waals surface area (Å²) in [5.74, 6) is 0.340. The van der Waals surface area contributed by atoms with Gasteiger partial charge in [0.25, 0.3) is 0 Å². The third-order valence-corrected chi connectivity index (χ3v) is 8.18. The smallest absolute Gasteiger partial charge is 0.232 e. The molecule has 1 aliphatic heterocycles. The van der Waals surface area contributed by atoms with Crippen molar-refractivity contribution in [2.75, 3.05) is 36.7 Å². The predicted octanol–water partition coefficient (Wildman–Crippen LogP) is 5.18. The topological polar surface area (TPSA) is 56.4 Å². The molecule has 0 atom stereocenters. The maximum Gasteiger partial charge on any atom is 0.232 e. The highest BCUT2D eigenvalue weighted by molar-refractivity contribution is 7.92. The molecule has 5 nitrogen and oxygen atoms in total. The van der Waals surface area contributed by atoms with E-state index >= 15 is 0 Å². The Hall–Kier alpha value is -2.90. The highest BCUT2D eigenvalue weighted by Crippen LogP contribution is 2.29. The van der Waals surface area contributed by atoms with Gasteiger partial charge in [0.05, 0.1) is 11.9 Å². The number of H-pyrrole nitrogens is 1. The molecule has 4 aromatic rings. The van der Waals surface area contributed by atoms with Crippen LogP contribution in [0.1, 0.15) is 18.4 Å². The Morgan fingerprint density at radius 3 is 2.59 bits per heavy atom. The number of nitrogens with one attached hydrogen (secondary N) is 1. The normalized spacial score (nSPS) is 15.8. The van der Waals surface area contributed by atoms with Gasteiger partial charge in [-0.1, -0.05) is 36.4 Å². The molecule has 0 radical (unpaired) electrons. The number of nitrogens with zero attached hydrogens (tertiary/aromatic N) is 2. The van der Waals surface area contributed by atoms with Crippen molar-refractivity contribution in [2.45, 2.75) is 19.3 Å². The first-order chi connectivity index (χ1) is 16.4. The number of halogens is 1. The Labute approximate surface area is 200 Å². The number of hydrogen-bond donors (Lipinski definition) is 1. The monoisotopic (exact) mass is 479 g/mol. The molecular formula is C27H30FN3O2S. The van der Waals surface area contributed by atoms with Crippen LogP contribution in [0, 0.1) is 11.7 Å². The maximum atomic E-state index is 13.7. The summed E-state index contributed by atoms with van der Waals surface area (Å²) in [5.41, 5.74) is 2.89. The number of fused-ring (bicyclic) bond motifs is 2. The van der Waals surface area contributed by atoms with Gasteiger partial charge >= 0.3 is 0 Å². The summed E-state index contributed by atoms with van der Waals surface area (Å²) in [7, 11) is -3.41. The number of anilines is 1. The Balaban J connectivity index is 1.23. The standard InChI is InChI=1S/C27H30FN3O2S/c1-34(32,33)31(27-8-4-6-21-5-2-3-7-24(21)27)16-15-30-13-11-20(12-14-30)17-22-19-29-26-10-9-23(28)18-25(22)26/h2-10,18-20,29H,11-17H2,1H3. The lowest BCUT2D eigenvalue weighted by Crippen LogP contribution is -2.41. The summed E-state index contributed by atoms with van der Waals surface area (Å²) >= 11 is 0. The molecule has 3 aromatic carbocycles. The van der Waals surface area contributed by atoms with Gasteiger partial charge in [-0.2, -0.15) is 0 Å². The van der Waals surface area contributed by atoms with E-state index < -0.39 is 10.0 Å². The lowest BCUT2D eigenvalue weighted by Gasteiger charge is -2.34. The summed E-state index contributed by atoms with van der Waals surface area (Å²) in [4.78, 5) is 5.61. The van der Waals surface area contributed by atoms with Crippen LogP contribution in [-0.4, -0.2) is 50.7 Å². The lowest BCUT2D eigenvalue weighted by molar-refractivity contribution is 0.189. The average Bonchev–Trinajstić information content (AvgIpc) is 3.21. The van der Waals surface area contributed by atoms with Crippen LogP contribution in [0.3, 0.4) is 0 Å². The van der Waals surface area contributed by atoms with Crippen LogP contribution < -0.4 is 4.31 Å². The summed E-state index contributed by atoms with van der Waals surface area (Å²) in [6.07, 6.45) is 6.32. The number of likely N-dealkylation sites (tertiary alicyclic amines) is 1. The van der Waals surface area contributed by atoms with E-state index in [9.17, 15) is 12.8 Å². The fraction of sp³-hybridized carbons (Fsp3) is 0.333. The third kappa shape index (κ3) is 4.81. The Kier molecular flexibility index (Phi) is 6.32. The number of benzene rings is 3. The molecule has 1 N–H and O–H groups in total. The molecule has 0 saturated carbocycles. The zero-order chi connectivity index (χ0) is 23.7. The first-order valence-corrected chi connectivity index (χ1v) is 13.7. The van der Waals surface area contributed by atoms with Gasteiger partial charge in [0.2, 0.25) is 10.0 Å². The van der Waals surface area contributed by atoms with Gasteiger partial charge in [0.15, 0.2) is 0 Å². The Bertz CT molecular complexity index is 1400. The second kappa shape index (κ2) is 9.39. The average molecular weight is 480 g/mol. The van der Waals surface area contributed by atoms with Gasteiger partial charge in [0, 0.05) is 35.6 Å². The van der Waals surface area contributed by atoms with Gasteiger partial charge in [-0.3, -0.25) is 4.31 Å². The number of aromatic amines is 1. The van der Waals surface area contributed by atoms with Crippen LogP contribution in [0.4, 0.5) is 10.1 Å². The van der Waals surface area contributed by atoms with E-state index in [0.717, 1.165) is 59.7 Å². The van der Waals surface area contributed by atoms with Crippen LogP contribution in [0.2, 0.25) is 0 Å². The van der Waals surface area contributed by atoms with E-state index in [1.165, 1.54) is 17.9 Å². The second-order valence-electron chi connectivity index (χ2n) is 9.33. The SMILES string of the molecule is CS(=O)(=O)N(CCN1CCC(Cc2c[nH]c3ccc(F)cc23)CC1)c1cccc2ccccc12. The first-order valence-electron chi connectivity index (χ1n) is 11.8. The van der Waals surface area contributed by atoms with Crippen LogP contribution in [0.15, 0.2) is 66.9 Å². The maximum absolute atomic E-state index is 13.7. The molecule has 0 unspecified atom stereocenters.